The average molecular weight is 328 g/mol. The molecule has 2 aromatic heterocycles. The van der Waals surface area contributed by atoms with Crippen molar-refractivity contribution in [2.45, 2.75) is 26.2 Å². The number of fused-ring (bicyclic) bond motifs is 1. The zero-order valence-corrected chi connectivity index (χ0v) is 14.4. The van der Waals surface area contributed by atoms with Crippen LogP contribution in [-0.2, 0) is 20.5 Å². The van der Waals surface area contributed by atoms with Crippen LogP contribution < -0.4 is 4.80 Å². The van der Waals surface area contributed by atoms with E-state index in [1.165, 1.54) is 18.4 Å². The fourth-order valence-electron chi connectivity index (χ4n) is 2.55. The van der Waals surface area contributed by atoms with Gasteiger partial charge in [-0.15, -0.1) is 0 Å². The first-order valence-corrected chi connectivity index (χ1v) is 8.57. The van der Waals surface area contributed by atoms with Crippen LogP contribution in [0.1, 0.15) is 35.8 Å². The van der Waals surface area contributed by atoms with E-state index in [2.05, 4.69) is 35.2 Å². The first-order valence-electron chi connectivity index (χ1n) is 7.75. The van der Waals surface area contributed by atoms with Crippen LogP contribution in [0.5, 0.6) is 0 Å². The normalized spacial score (nSPS) is 12.2. The fraction of sp³-hybridized carbons (Fsp3) is 0.353. The zero-order valence-electron chi connectivity index (χ0n) is 13.6. The van der Waals surface area contributed by atoms with Crippen molar-refractivity contribution in [3.63, 3.8) is 0 Å². The highest BCUT2D eigenvalue weighted by Crippen LogP contribution is 2.19. The maximum absolute atomic E-state index is 12.3. The maximum atomic E-state index is 12.3. The Morgan fingerprint density at radius 2 is 2.13 bits per heavy atom. The Morgan fingerprint density at radius 1 is 1.30 bits per heavy atom. The minimum Gasteiger partial charge on any atom is -0.319 e. The topological polar surface area (TPSA) is 52.2 Å². The minimum atomic E-state index is -0.265. The zero-order chi connectivity index (χ0) is 16.4. The molecule has 23 heavy (non-hydrogen) atoms. The number of thiazole rings is 1. The number of unbranched alkanes of at least 4 members (excludes halogenated alkanes) is 1. The monoisotopic (exact) mass is 328 g/mol. The minimum absolute atomic E-state index is 0.265. The van der Waals surface area contributed by atoms with Crippen LogP contribution in [0.15, 0.2) is 35.5 Å². The van der Waals surface area contributed by atoms with E-state index in [1.54, 1.807) is 35.3 Å². The summed E-state index contributed by atoms with van der Waals surface area (Å²) >= 11 is 1.55. The highest BCUT2D eigenvalue weighted by Gasteiger charge is 2.10. The molecule has 0 saturated carbocycles. The van der Waals surface area contributed by atoms with E-state index in [-0.39, 0.29) is 5.91 Å². The van der Waals surface area contributed by atoms with Gasteiger partial charge in [-0.2, -0.15) is 10.1 Å². The van der Waals surface area contributed by atoms with Crippen molar-refractivity contribution < 1.29 is 4.79 Å². The summed E-state index contributed by atoms with van der Waals surface area (Å²) < 4.78 is 4.68. The summed E-state index contributed by atoms with van der Waals surface area (Å²) in [7, 11) is 3.69. The smallest absolute Gasteiger partial charge is 0.297 e. The molecule has 0 spiro atoms. The molecule has 1 aromatic carbocycles. The van der Waals surface area contributed by atoms with Crippen LogP contribution >= 0.6 is 11.3 Å². The predicted octanol–water partition coefficient (Wildman–Crippen LogP) is 3.06. The van der Waals surface area contributed by atoms with Gasteiger partial charge >= 0.3 is 0 Å². The van der Waals surface area contributed by atoms with Crippen molar-refractivity contribution in [3.8, 4) is 0 Å². The van der Waals surface area contributed by atoms with E-state index in [9.17, 15) is 4.79 Å². The third-order valence-corrected chi connectivity index (χ3v) is 5.02. The number of hydrogen-bond acceptors (Lipinski definition) is 3. The van der Waals surface area contributed by atoms with Crippen LogP contribution in [0, 0.1) is 0 Å². The third kappa shape index (κ3) is 3.12. The van der Waals surface area contributed by atoms with Crippen molar-refractivity contribution in [1.29, 1.82) is 0 Å². The second kappa shape index (κ2) is 6.50. The lowest BCUT2D eigenvalue weighted by atomic mass is 10.1. The molecule has 0 N–H and O–H groups in total. The first-order chi connectivity index (χ1) is 11.1. The van der Waals surface area contributed by atoms with Crippen LogP contribution in [0.4, 0.5) is 0 Å². The molecular formula is C17H20N4OS. The van der Waals surface area contributed by atoms with Crippen molar-refractivity contribution >= 4 is 27.5 Å². The Kier molecular flexibility index (Phi) is 4.43. The molecule has 0 aliphatic heterocycles. The van der Waals surface area contributed by atoms with E-state index in [0.29, 0.717) is 10.5 Å². The molecular weight excluding hydrogens is 308 g/mol. The Hall–Kier alpha value is -2.21. The number of rotatable bonds is 4. The summed E-state index contributed by atoms with van der Waals surface area (Å²) in [6, 6.07) is 8.17. The van der Waals surface area contributed by atoms with Gasteiger partial charge < -0.3 is 4.57 Å². The van der Waals surface area contributed by atoms with Gasteiger partial charge in [0.15, 0.2) is 4.80 Å². The number of nitrogens with zero attached hydrogens (tertiary/aromatic N) is 4. The molecule has 6 heteroatoms. The number of amides is 1. The molecule has 0 atom stereocenters. The van der Waals surface area contributed by atoms with E-state index < -0.39 is 0 Å². The van der Waals surface area contributed by atoms with E-state index >= 15 is 0 Å². The lowest BCUT2D eigenvalue weighted by Crippen LogP contribution is -2.14. The van der Waals surface area contributed by atoms with Gasteiger partial charge in [-0.3, -0.25) is 9.48 Å². The van der Waals surface area contributed by atoms with Gasteiger partial charge in [0, 0.05) is 20.3 Å². The summed E-state index contributed by atoms with van der Waals surface area (Å²) in [6.07, 6.45) is 5.08. The average Bonchev–Trinajstić information content (AvgIpc) is 3.09. The molecule has 0 unspecified atom stereocenters. The molecule has 0 radical (unpaired) electrons. The molecule has 3 aromatic rings. The summed E-state index contributed by atoms with van der Waals surface area (Å²) in [4.78, 5) is 17.3. The lowest BCUT2D eigenvalue weighted by Gasteiger charge is -2.00. The molecule has 2 heterocycles. The van der Waals surface area contributed by atoms with Crippen LogP contribution in [-0.4, -0.2) is 20.3 Å². The third-order valence-electron chi connectivity index (χ3n) is 3.93. The van der Waals surface area contributed by atoms with Gasteiger partial charge in [0.2, 0.25) is 0 Å². The quantitative estimate of drug-likeness (QED) is 0.739. The number of carbonyl (C=O) groups excluding carboxylic acids is 1. The van der Waals surface area contributed by atoms with Crippen LogP contribution in [0.3, 0.4) is 0 Å². The van der Waals surface area contributed by atoms with E-state index in [1.807, 2.05) is 11.6 Å². The Morgan fingerprint density at radius 3 is 2.83 bits per heavy atom. The molecule has 3 rings (SSSR count). The van der Waals surface area contributed by atoms with Gasteiger partial charge in [0.05, 0.1) is 10.2 Å². The van der Waals surface area contributed by atoms with Gasteiger partial charge in [0.1, 0.15) is 5.69 Å². The Bertz CT molecular complexity index is 916. The lowest BCUT2D eigenvalue weighted by molar-refractivity contribution is 0.0989. The molecule has 120 valence electrons. The van der Waals surface area contributed by atoms with E-state index in [4.69, 9.17) is 0 Å². The van der Waals surface area contributed by atoms with Crippen molar-refractivity contribution in [3.05, 3.63) is 46.5 Å². The molecule has 0 bridgehead atoms. The number of hydrogen-bond donors (Lipinski definition) is 0. The van der Waals surface area contributed by atoms with E-state index in [0.717, 1.165) is 16.6 Å². The van der Waals surface area contributed by atoms with Gasteiger partial charge in [-0.25, -0.2) is 0 Å². The van der Waals surface area contributed by atoms with Crippen LogP contribution in [0.25, 0.3) is 10.2 Å². The molecule has 1 amide bonds. The Labute approximate surface area is 138 Å². The second-order valence-electron chi connectivity index (χ2n) is 5.61. The molecule has 0 fully saturated rings. The molecule has 0 aliphatic rings. The Balaban J connectivity index is 2.01. The standard InChI is InChI=1S/C17H20N4OS/c1-4-5-6-12-7-8-13-15(11-12)23-17(20(13)2)19-16(22)14-9-10-18-21(14)3/h7-11H,4-6H2,1-3H3. The number of carbonyl (C=O) groups is 1. The van der Waals surface area contributed by atoms with Crippen molar-refractivity contribution in [1.82, 2.24) is 14.3 Å². The predicted molar refractivity (Wildman–Crippen MR) is 92.5 cm³/mol. The highest BCUT2D eigenvalue weighted by atomic mass is 32.1. The van der Waals surface area contributed by atoms with Crippen molar-refractivity contribution in [2.24, 2.45) is 19.1 Å². The number of aromatic nitrogens is 3. The number of aryl methyl sites for hydroxylation is 3. The summed E-state index contributed by atoms with van der Waals surface area (Å²) in [5.74, 6) is -0.265. The number of benzene rings is 1. The summed E-state index contributed by atoms with van der Waals surface area (Å²) in [6.45, 7) is 2.20. The first kappa shape index (κ1) is 15.7. The van der Waals surface area contributed by atoms with Crippen LogP contribution in [0.2, 0.25) is 0 Å². The van der Waals surface area contributed by atoms with Gasteiger partial charge in [0.25, 0.3) is 5.91 Å². The maximum Gasteiger partial charge on any atom is 0.297 e. The van der Waals surface area contributed by atoms with Crippen molar-refractivity contribution in [2.75, 3.05) is 0 Å². The molecule has 5 nitrogen and oxygen atoms in total. The second-order valence-corrected chi connectivity index (χ2v) is 6.62. The molecule has 0 saturated heterocycles. The molecule has 0 aliphatic carbocycles. The SMILES string of the molecule is CCCCc1ccc2c(c1)sc(=NC(=O)c1ccnn1C)n2C. The fourth-order valence-corrected chi connectivity index (χ4v) is 3.63. The summed E-state index contributed by atoms with van der Waals surface area (Å²) in [5, 5.41) is 4.02. The van der Waals surface area contributed by atoms with Gasteiger partial charge in [-0.05, 0) is 36.6 Å². The summed E-state index contributed by atoms with van der Waals surface area (Å²) in [5.41, 5.74) is 2.93. The highest BCUT2D eigenvalue weighted by molar-refractivity contribution is 7.16. The van der Waals surface area contributed by atoms with Gasteiger partial charge in [-0.1, -0.05) is 30.7 Å². The largest absolute Gasteiger partial charge is 0.319 e.